The number of alkyl halides is 3. The standard InChI is InChI=1S/C12H14F3NO4S/c1-3-16(8-11(17)20-2)21(18,19)10-7-5-4-6-9(10)12(13,14)15/h4-7H,3,8H2,1-2H3. The Kier molecular flexibility index (Phi) is 5.35. The van der Waals surface area contributed by atoms with Crippen LogP contribution in [0.3, 0.4) is 0 Å². The highest BCUT2D eigenvalue weighted by molar-refractivity contribution is 7.89. The van der Waals surface area contributed by atoms with E-state index in [1.165, 1.54) is 13.0 Å². The Morgan fingerprint density at radius 2 is 1.86 bits per heavy atom. The lowest BCUT2D eigenvalue weighted by Gasteiger charge is -2.21. The fourth-order valence-corrected chi connectivity index (χ4v) is 3.25. The van der Waals surface area contributed by atoms with E-state index >= 15 is 0 Å². The summed E-state index contributed by atoms with van der Waals surface area (Å²) in [6, 6.07) is 3.82. The summed E-state index contributed by atoms with van der Waals surface area (Å²) in [5, 5.41) is 0. The zero-order chi connectivity index (χ0) is 16.3. The van der Waals surface area contributed by atoms with E-state index in [2.05, 4.69) is 4.74 Å². The number of methoxy groups -OCH3 is 1. The molecule has 0 spiro atoms. The number of benzene rings is 1. The van der Waals surface area contributed by atoms with E-state index in [0.29, 0.717) is 10.4 Å². The second kappa shape index (κ2) is 6.44. The van der Waals surface area contributed by atoms with Gasteiger partial charge in [-0.05, 0) is 12.1 Å². The molecule has 9 heteroatoms. The minimum atomic E-state index is -4.81. The molecule has 0 heterocycles. The molecule has 1 aromatic carbocycles. The summed E-state index contributed by atoms with van der Waals surface area (Å²) in [4.78, 5) is 10.3. The summed E-state index contributed by atoms with van der Waals surface area (Å²) in [5.41, 5.74) is -1.27. The third-order valence-electron chi connectivity index (χ3n) is 2.70. The molecular formula is C12H14F3NO4S. The molecule has 118 valence electrons. The maximum atomic E-state index is 12.9. The Balaban J connectivity index is 3.33. The summed E-state index contributed by atoms with van der Waals surface area (Å²) in [5.74, 6) is -0.857. The van der Waals surface area contributed by atoms with Crippen molar-refractivity contribution in [1.29, 1.82) is 0 Å². The molecule has 1 rings (SSSR count). The molecule has 0 N–H and O–H groups in total. The first-order valence-electron chi connectivity index (χ1n) is 5.87. The average Bonchev–Trinajstić information content (AvgIpc) is 2.43. The highest BCUT2D eigenvalue weighted by Crippen LogP contribution is 2.35. The van der Waals surface area contributed by atoms with Crippen LogP contribution >= 0.6 is 0 Å². The van der Waals surface area contributed by atoms with Gasteiger partial charge in [0.15, 0.2) is 0 Å². The second-order valence-corrected chi connectivity index (χ2v) is 5.91. The molecular weight excluding hydrogens is 311 g/mol. The van der Waals surface area contributed by atoms with Crippen LogP contribution in [0.2, 0.25) is 0 Å². The number of rotatable bonds is 5. The zero-order valence-electron chi connectivity index (χ0n) is 11.3. The van der Waals surface area contributed by atoms with E-state index in [4.69, 9.17) is 0 Å². The second-order valence-electron chi connectivity index (χ2n) is 4.00. The number of carbonyl (C=O) groups is 1. The molecule has 0 aliphatic rings. The van der Waals surface area contributed by atoms with E-state index in [0.717, 1.165) is 19.2 Å². The van der Waals surface area contributed by atoms with Gasteiger partial charge in [0, 0.05) is 6.54 Å². The maximum Gasteiger partial charge on any atom is 0.417 e. The molecule has 0 radical (unpaired) electrons. The van der Waals surface area contributed by atoms with Crippen LogP contribution in [0.1, 0.15) is 12.5 Å². The quantitative estimate of drug-likeness (QED) is 0.776. The first-order valence-corrected chi connectivity index (χ1v) is 7.31. The van der Waals surface area contributed by atoms with Gasteiger partial charge in [-0.1, -0.05) is 19.1 Å². The number of hydrogen-bond acceptors (Lipinski definition) is 4. The van der Waals surface area contributed by atoms with Crippen molar-refractivity contribution in [2.75, 3.05) is 20.2 Å². The first kappa shape index (κ1) is 17.4. The normalized spacial score (nSPS) is 12.5. The van der Waals surface area contributed by atoms with Crippen molar-refractivity contribution in [2.24, 2.45) is 0 Å². The van der Waals surface area contributed by atoms with E-state index in [1.54, 1.807) is 0 Å². The van der Waals surface area contributed by atoms with Crippen molar-refractivity contribution in [2.45, 2.75) is 18.0 Å². The Morgan fingerprint density at radius 3 is 2.33 bits per heavy atom. The van der Waals surface area contributed by atoms with E-state index in [9.17, 15) is 26.4 Å². The fraction of sp³-hybridized carbons (Fsp3) is 0.417. The molecule has 0 atom stereocenters. The summed E-state index contributed by atoms with van der Waals surface area (Å²) < 4.78 is 68.3. The van der Waals surface area contributed by atoms with Gasteiger partial charge in [-0.2, -0.15) is 17.5 Å². The monoisotopic (exact) mass is 325 g/mol. The van der Waals surface area contributed by atoms with E-state index in [-0.39, 0.29) is 6.54 Å². The lowest BCUT2D eigenvalue weighted by molar-refractivity contribution is -0.140. The van der Waals surface area contributed by atoms with Crippen molar-refractivity contribution in [3.05, 3.63) is 29.8 Å². The molecule has 0 unspecified atom stereocenters. The number of esters is 1. The molecule has 0 aliphatic carbocycles. The van der Waals surface area contributed by atoms with Crippen molar-refractivity contribution >= 4 is 16.0 Å². The molecule has 0 amide bonds. The molecule has 0 saturated heterocycles. The Bertz CT molecular complexity index is 613. The minimum absolute atomic E-state index is 0.163. The SMILES string of the molecule is CCN(CC(=O)OC)S(=O)(=O)c1ccccc1C(F)(F)F. The van der Waals surface area contributed by atoms with Gasteiger partial charge in [-0.15, -0.1) is 0 Å². The number of likely N-dealkylation sites (N-methyl/N-ethyl adjacent to an activating group) is 1. The molecule has 1 aromatic rings. The summed E-state index contributed by atoms with van der Waals surface area (Å²) in [6.45, 7) is 0.599. The Hall–Kier alpha value is -1.61. The van der Waals surface area contributed by atoms with Crippen LogP contribution in [0.15, 0.2) is 29.2 Å². The third-order valence-corrected chi connectivity index (χ3v) is 4.68. The highest BCUT2D eigenvalue weighted by atomic mass is 32.2. The van der Waals surface area contributed by atoms with Gasteiger partial charge in [0.05, 0.1) is 17.6 Å². The molecule has 21 heavy (non-hydrogen) atoms. The topological polar surface area (TPSA) is 63.7 Å². The number of carbonyl (C=O) groups excluding carboxylic acids is 1. The van der Waals surface area contributed by atoms with Crippen LogP contribution in [-0.2, 0) is 25.7 Å². The fourth-order valence-electron chi connectivity index (χ4n) is 1.64. The van der Waals surface area contributed by atoms with Crippen molar-refractivity contribution < 1.29 is 31.1 Å². The van der Waals surface area contributed by atoms with Gasteiger partial charge in [-0.3, -0.25) is 4.79 Å². The van der Waals surface area contributed by atoms with Gasteiger partial charge < -0.3 is 4.74 Å². The number of nitrogens with zero attached hydrogens (tertiary/aromatic N) is 1. The van der Waals surface area contributed by atoms with Crippen molar-refractivity contribution in [3.63, 3.8) is 0 Å². The molecule has 0 saturated carbocycles. The summed E-state index contributed by atoms with van der Waals surface area (Å²) >= 11 is 0. The van der Waals surface area contributed by atoms with Crippen LogP contribution in [0.25, 0.3) is 0 Å². The van der Waals surface area contributed by atoms with Crippen LogP contribution in [0.5, 0.6) is 0 Å². The largest absolute Gasteiger partial charge is 0.468 e. The number of halogens is 3. The molecule has 0 aromatic heterocycles. The summed E-state index contributed by atoms with van der Waals surface area (Å²) in [7, 11) is -3.40. The Labute approximate surface area is 120 Å². The van der Waals surface area contributed by atoms with Gasteiger partial charge in [0.25, 0.3) is 0 Å². The first-order chi connectivity index (χ1) is 9.64. The summed E-state index contributed by atoms with van der Waals surface area (Å²) in [6.07, 6.45) is -4.81. The lowest BCUT2D eigenvalue weighted by Crippen LogP contribution is -2.37. The van der Waals surface area contributed by atoms with Gasteiger partial charge in [0.2, 0.25) is 10.0 Å². The van der Waals surface area contributed by atoms with Crippen LogP contribution in [0.4, 0.5) is 13.2 Å². The van der Waals surface area contributed by atoms with Gasteiger partial charge in [-0.25, -0.2) is 8.42 Å². The average molecular weight is 325 g/mol. The molecule has 0 bridgehead atoms. The minimum Gasteiger partial charge on any atom is -0.468 e. The molecule has 0 fully saturated rings. The zero-order valence-corrected chi connectivity index (χ0v) is 12.2. The van der Waals surface area contributed by atoms with Gasteiger partial charge >= 0.3 is 12.1 Å². The predicted molar refractivity (Wildman–Crippen MR) is 67.9 cm³/mol. The predicted octanol–water partition coefficient (Wildman–Crippen LogP) is 1.89. The number of sulfonamides is 1. The maximum absolute atomic E-state index is 12.9. The van der Waals surface area contributed by atoms with Gasteiger partial charge in [0.1, 0.15) is 6.54 Å². The van der Waals surface area contributed by atoms with Crippen molar-refractivity contribution in [1.82, 2.24) is 4.31 Å². The Morgan fingerprint density at radius 1 is 1.29 bits per heavy atom. The van der Waals surface area contributed by atoms with E-state index in [1.807, 2.05) is 0 Å². The van der Waals surface area contributed by atoms with Crippen LogP contribution < -0.4 is 0 Å². The highest BCUT2D eigenvalue weighted by Gasteiger charge is 2.38. The number of hydrogen-bond donors (Lipinski definition) is 0. The number of ether oxygens (including phenoxy) is 1. The molecule has 0 aliphatic heterocycles. The van der Waals surface area contributed by atoms with Crippen LogP contribution in [0, 0.1) is 0 Å². The molecule has 5 nitrogen and oxygen atoms in total. The smallest absolute Gasteiger partial charge is 0.417 e. The third kappa shape index (κ3) is 3.94. The van der Waals surface area contributed by atoms with Crippen molar-refractivity contribution in [3.8, 4) is 0 Å². The van der Waals surface area contributed by atoms with E-state index < -0.39 is 39.2 Å². The van der Waals surface area contributed by atoms with Crippen LogP contribution in [-0.4, -0.2) is 38.9 Å². The lowest BCUT2D eigenvalue weighted by atomic mass is 10.2.